The number of esters is 1. The normalized spacial score (nSPS) is 19.0. The third-order valence-corrected chi connectivity index (χ3v) is 3.45. The van der Waals surface area contributed by atoms with Gasteiger partial charge in [-0.3, -0.25) is 9.59 Å². The lowest BCUT2D eigenvalue weighted by molar-refractivity contribution is -0.149. The van der Waals surface area contributed by atoms with Crippen LogP contribution in [0.5, 0.6) is 11.5 Å². The van der Waals surface area contributed by atoms with Crippen LogP contribution >= 0.6 is 0 Å². The summed E-state index contributed by atoms with van der Waals surface area (Å²) >= 11 is 0. The van der Waals surface area contributed by atoms with E-state index in [1.807, 2.05) is 0 Å². The molecule has 0 aromatic heterocycles. The number of fused-ring (bicyclic) bond motifs is 1. The number of carbonyl (C=O) groups excluding carboxylic acids is 3. The van der Waals surface area contributed by atoms with Gasteiger partial charge in [0.2, 0.25) is 5.91 Å². The van der Waals surface area contributed by atoms with E-state index in [1.165, 1.54) is 0 Å². The van der Waals surface area contributed by atoms with E-state index in [0.29, 0.717) is 43.2 Å². The zero-order valence-electron chi connectivity index (χ0n) is 12.3. The first-order valence-electron chi connectivity index (χ1n) is 7.27. The second-order valence-corrected chi connectivity index (χ2v) is 5.17. The van der Waals surface area contributed by atoms with Gasteiger partial charge in [-0.1, -0.05) is 0 Å². The molecule has 8 nitrogen and oxygen atoms in total. The van der Waals surface area contributed by atoms with Gasteiger partial charge in [0.05, 0.1) is 0 Å². The van der Waals surface area contributed by atoms with E-state index in [1.54, 1.807) is 18.2 Å². The monoisotopic (exact) mass is 320 g/mol. The average molecular weight is 320 g/mol. The molecule has 0 radical (unpaired) electrons. The molecule has 0 saturated carbocycles. The number of hydrogen-bond donors (Lipinski definition) is 2. The van der Waals surface area contributed by atoms with Crippen LogP contribution in [-0.4, -0.2) is 43.6 Å². The van der Waals surface area contributed by atoms with Crippen molar-refractivity contribution in [1.29, 1.82) is 0 Å². The molecule has 0 spiro atoms. The molecule has 23 heavy (non-hydrogen) atoms. The van der Waals surface area contributed by atoms with Crippen LogP contribution in [0.25, 0.3) is 0 Å². The Morgan fingerprint density at radius 3 is 2.78 bits per heavy atom. The van der Waals surface area contributed by atoms with E-state index in [2.05, 4.69) is 10.6 Å². The van der Waals surface area contributed by atoms with Crippen molar-refractivity contribution in [2.75, 3.05) is 25.1 Å². The van der Waals surface area contributed by atoms with Crippen molar-refractivity contribution in [3.05, 3.63) is 18.2 Å². The van der Waals surface area contributed by atoms with Gasteiger partial charge in [0.25, 0.3) is 5.91 Å². The van der Waals surface area contributed by atoms with Crippen molar-refractivity contribution < 1.29 is 28.6 Å². The zero-order chi connectivity index (χ0) is 16.2. The van der Waals surface area contributed by atoms with Gasteiger partial charge in [0.1, 0.15) is 19.3 Å². The lowest BCUT2D eigenvalue weighted by Crippen LogP contribution is -2.36. The van der Waals surface area contributed by atoms with Crippen molar-refractivity contribution in [3.8, 4) is 11.5 Å². The molecule has 3 rings (SSSR count). The zero-order valence-corrected chi connectivity index (χ0v) is 12.3. The molecule has 1 saturated heterocycles. The molecular weight excluding hydrogens is 304 g/mol. The summed E-state index contributed by atoms with van der Waals surface area (Å²) in [4.78, 5) is 34.5. The van der Waals surface area contributed by atoms with E-state index < -0.39 is 24.5 Å². The first-order valence-corrected chi connectivity index (χ1v) is 7.27. The first-order chi connectivity index (χ1) is 11.1. The predicted octanol–water partition coefficient (Wildman–Crippen LogP) is 0.218. The molecule has 2 amide bonds. The molecular formula is C15H16N2O6. The molecule has 122 valence electrons. The van der Waals surface area contributed by atoms with Crippen molar-refractivity contribution in [2.45, 2.75) is 18.9 Å². The number of rotatable bonds is 4. The Morgan fingerprint density at radius 1 is 1.26 bits per heavy atom. The molecule has 1 fully saturated rings. The van der Waals surface area contributed by atoms with Gasteiger partial charge in [-0.2, -0.15) is 0 Å². The molecule has 1 atom stereocenters. The fourth-order valence-corrected chi connectivity index (χ4v) is 2.35. The van der Waals surface area contributed by atoms with Gasteiger partial charge in [0.15, 0.2) is 18.1 Å². The summed E-state index contributed by atoms with van der Waals surface area (Å²) in [5, 5.41) is 5.09. The Labute approximate surface area is 132 Å². The lowest BCUT2D eigenvalue weighted by Gasteiger charge is -2.19. The Balaban J connectivity index is 1.49. The third kappa shape index (κ3) is 3.71. The Bertz CT molecular complexity index is 645. The summed E-state index contributed by atoms with van der Waals surface area (Å²) < 4.78 is 15.7. The fraction of sp³-hybridized carbons (Fsp3) is 0.400. The van der Waals surface area contributed by atoms with E-state index in [0.717, 1.165) is 0 Å². The predicted molar refractivity (Wildman–Crippen MR) is 78.2 cm³/mol. The standard InChI is InChI=1S/C15H16N2O6/c18-13-4-2-10(17-13)15(20)23-8-14(19)16-9-1-3-11-12(7-9)22-6-5-21-11/h1,3,7,10H,2,4-6,8H2,(H,16,19)(H,17,18)/t10-/m1/s1. The van der Waals surface area contributed by atoms with E-state index in [9.17, 15) is 14.4 Å². The van der Waals surface area contributed by atoms with Gasteiger partial charge in [-0.15, -0.1) is 0 Å². The number of benzene rings is 1. The highest BCUT2D eigenvalue weighted by molar-refractivity contribution is 5.94. The highest BCUT2D eigenvalue weighted by Crippen LogP contribution is 2.32. The second-order valence-electron chi connectivity index (χ2n) is 5.17. The lowest BCUT2D eigenvalue weighted by atomic mass is 10.2. The maximum Gasteiger partial charge on any atom is 0.329 e. The van der Waals surface area contributed by atoms with Crippen LogP contribution in [0.1, 0.15) is 12.8 Å². The number of ether oxygens (including phenoxy) is 3. The molecule has 0 bridgehead atoms. The summed E-state index contributed by atoms with van der Waals surface area (Å²) in [5.74, 6) is -0.0856. The van der Waals surface area contributed by atoms with Crippen molar-refractivity contribution in [1.82, 2.24) is 5.32 Å². The number of hydrogen-bond acceptors (Lipinski definition) is 6. The molecule has 8 heteroatoms. The molecule has 0 unspecified atom stereocenters. The number of amides is 2. The largest absolute Gasteiger partial charge is 0.486 e. The van der Waals surface area contributed by atoms with Gasteiger partial charge in [0, 0.05) is 18.2 Å². The topological polar surface area (TPSA) is 103 Å². The van der Waals surface area contributed by atoms with Crippen LogP contribution in [0.3, 0.4) is 0 Å². The van der Waals surface area contributed by atoms with E-state index in [-0.39, 0.29) is 5.91 Å². The van der Waals surface area contributed by atoms with Crippen LogP contribution in [-0.2, 0) is 19.1 Å². The van der Waals surface area contributed by atoms with Crippen LogP contribution in [0.2, 0.25) is 0 Å². The van der Waals surface area contributed by atoms with Crippen LogP contribution in [0, 0.1) is 0 Å². The van der Waals surface area contributed by atoms with Gasteiger partial charge in [-0.05, 0) is 18.6 Å². The number of carbonyl (C=O) groups is 3. The Kier molecular flexibility index (Phi) is 4.31. The number of anilines is 1. The molecule has 2 N–H and O–H groups in total. The molecule has 2 heterocycles. The van der Waals surface area contributed by atoms with E-state index >= 15 is 0 Å². The summed E-state index contributed by atoms with van der Waals surface area (Å²) in [5.41, 5.74) is 0.518. The quantitative estimate of drug-likeness (QED) is 0.769. The molecule has 1 aromatic carbocycles. The van der Waals surface area contributed by atoms with Gasteiger partial charge in [-0.25, -0.2) is 4.79 Å². The summed E-state index contributed by atoms with van der Waals surface area (Å²) in [6.07, 6.45) is 0.685. The molecule has 2 aliphatic heterocycles. The fourth-order valence-electron chi connectivity index (χ4n) is 2.35. The van der Waals surface area contributed by atoms with Gasteiger partial charge >= 0.3 is 5.97 Å². The van der Waals surface area contributed by atoms with Crippen molar-refractivity contribution >= 4 is 23.5 Å². The van der Waals surface area contributed by atoms with Crippen LogP contribution in [0.4, 0.5) is 5.69 Å². The summed E-state index contributed by atoms with van der Waals surface area (Å²) in [6, 6.07) is 4.35. The maximum absolute atomic E-state index is 11.8. The molecule has 0 aliphatic carbocycles. The minimum Gasteiger partial charge on any atom is -0.486 e. The minimum absolute atomic E-state index is 0.187. The summed E-state index contributed by atoms with van der Waals surface area (Å²) in [6.45, 7) is 0.529. The molecule has 2 aliphatic rings. The maximum atomic E-state index is 11.8. The highest BCUT2D eigenvalue weighted by Gasteiger charge is 2.28. The smallest absolute Gasteiger partial charge is 0.329 e. The SMILES string of the molecule is O=C(COC(=O)[C@H]1CCC(=O)N1)Nc1ccc2c(c1)OCCO2. The number of nitrogens with one attached hydrogen (secondary N) is 2. The summed E-state index contributed by atoms with van der Waals surface area (Å²) in [7, 11) is 0. The minimum atomic E-state index is -0.662. The highest BCUT2D eigenvalue weighted by atomic mass is 16.6. The Hall–Kier alpha value is -2.77. The Morgan fingerprint density at radius 2 is 2.04 bits per heavy atom. The third-order valence-electron chi connectivity index (χ3n) is 3.45. The van der Waals surface area contributed by atoms with Crippen molar-refractivity contribution in [3.63, 3.8) is 0 Å². The van der Waals surface area contributed by atoms with Crippen molar-refractivity contribution in [2.24, 2.45) is 0 Å². The van der Waals surface area contributed by atoms with Gasteiger partial charge < -0.3 is 24.8 Å². The average Bonchev–Trinajstić information content (AvgIpc) is 2.99. The van der Waals surface area contributed by atoms with E-state index in [4.69, 9.17) is 14.2 Å². The molecule has 1 aromatic rings. The van der Waals surface area contributed by atoms with Crippen LogP contribution < -0.4 is 20.1 Å². The first kappa shape index (κ1) is 15.1. The second kappa shape index (κ2) is 6.55. The van der Waals surface area contributed by atoms with Crippen LogP contribution in [0.15, 0.2) is 18.2 Å².